The van der Waals surface area contributed by atoms with Gasteiger partial charge in [0.1, 0.15) is 11.6 Å². The number of carbonyl (C=O) groups is 2. The summed E-state index contributed by atoms with van der Waals surface area (Å²) in [5.74, 6) is -2.28. The van der Waals surface area contributed by atoms with E-state index in [2.05, 4.69) is 0 Å². The number of aliphatic hydroxyl groups is 1. The maximum Gasteiger partial charge on any atom is 0.295 e. The van der Waals surface area contributed by atoms with E-state index in [-0.39, 0.29) is 24.5 Å². The van der Waals surface area contributed by atoms with E-state index < -0.39 is 23.5 Å². The van der Waals surface area contributed by atoms with Crippen LogP contribution in [0.25, 0.3) is 5.76 Å². The molecule has 1 fully saturated rings. The normalized spacial score (nSPS) is 18.9. The van der Waals surface area contributed by atoms with Gasteiger partial charge >= 0.3 is 0 Å². The summed E-state index contributed by atoms with van der Waals surface area (Å²) in [5, 5.41) is 11.2. The highest BCUT2D eigenvalue weighted by molar-refractivity contribution is 6.46. The lowest BCUT2D eigenvalue weighted by molar-refractivity contribution is -0.140. The largest absolute Gasteiger partial charge is 0.507 e. The minimum atomic E-state index is -0.837. The Morgan fingerprint density at radius 3 is 2.37 bits per heavy atom. The van der Waals surface area contributed by atoms with Crippen LogP contribution in [-0.2, 0) is 14.3 Å². The molecular formula is C20H17ClFNO4. The third-order valence-electron chi connectivity index (χ3n) is 4.38. The van der Waals surface area contributed by atoms with Gasteiger partial charge in [-0.1, -0.05) is 23.7 Å². The smallest absolute Gasteiger partial charge is 0.295 e. The van der Waals surface area contributed by atoms with Crippen molar-refractivity contribution >= 4 is 29.1 Å². The van der Waals surface area contributed by atoms with Crippen molar-refractivity contribution in [3.63, 3.8) is 0 Å². The zero-order chi connectivity index (χ0) is 19.6. The molecule has 1 N–H and O–H groups in total. The van der Waals surface area contributed by atoms with E-state index in [9.17, 15) is 19.1 Å². The van der Waals surface area contributed by atoms with Gasteiger partial charge in [-0.25, -0.2) is 4.39 Å². The summed E-state index contributed by atoms with van der Waals surface area (Å²) < 4.78 is 18.4. The molecule has 1 saturated heterocycles. The molecule has 0 bridgehead atoms. The van der Waals surface area contributed by atoms with Crippen molar-refractivity contribution in [3.05, 3.63) is 76.1 Å². The molecule has 0 unspecified atom stereocenters. The number of ether oxygens (including phenoxy) is 1. The lowest BCUT2D eigenvalue weighted by atomic mass is 9.95. The van der Waals surface area contributed by atoms with Gasteiger partial charge in [-0.3, -0.25) is 9.59 Å². The van der Waals surface area contributed by atoms with E-state index in [1.54, 1.807) is 24.3 Å². The van der Waals surface area contributed by atoms with Crippen LogP contribution >= 0.6 is 11.6 Å². The summed E-state index contributed by atoms with van der Waals surface area (Å²) in [6.45, 7) is 0.367. The molecule has 27 heavy (non-hydrogen) atoms. The second-order valence-electron chi connectivity index (χ2n) is 6.04. The average molecular weight is 390 g/mol. The van der Waals surface area contributed by atoms with Crippen LogP contribution in [0.15, 0.2) is 54.1 Å². The molecule has 0 spiro atoms. The van der Waals surface area contributed by atoms with Gasteiger partial charge in [0, 0.05) is 24.2 Å². The van der Waals surface area contributed by atoms with Gasteiger partial charge in [0.15, 0.2) is 0 Å². The standard InChI is InChI=1S/C20H17ClFNO4/c1-27-11-10-23-17(12-4-8-15(22)9-5-12)16(19(25)20(23)26)18(24)13-2-6-14(21)7-3-13/h2-9,17,24H,10-11H2,1H3/t17-/m0/s1. The Bertz CT molecular complexity index is 893. The maximum atomic E-state index is 13.3. The average Bonchev–Trinajstić information content (AvgIpc) is 2.91. The summed E-state index contributed by atoms with van der Waals surface area (Å²) in [5.41, 5.74) is 0.823. The lowest BCUT2D eigenvalue weighted by Gasteiger charge is -2.25. The fourth-order valence-electron chi connectivity index (χ4n) is 3.06. The fourth-order valence-corrected chi connectivity index (χ4v) is 3.18. The Hall–Kier alpha value is -2.70. The van der Waals surface area contributed by atoms with Crippen molar-refractivity contribution in [1.82, 2.24) is 4.90 Å². The predicted octanol–water partition coefficient (Wildman–Crippen LogP) is 3.55. The topological polar surface area (TPSA) is 66.8 Å². The lowest BCUT2D eigenvalue weighted by Crippen LogP contribution is -2.32. The first-order valence-corrected chi connectivity index (χ1v) is 8.60. The highest BCUT2D eigenvalue weighted by Crippen LogP contribution is 2.39. The predicted molar refractivity (Wildman–Crippen MR) is 98.7 cm³/mol. The summed E-state index contributed by atoms with van der Waals surface area (Å²) in [6.07, 6.45) is 0. The number of benzene rings is 2. The molecule has 3 rings (SSSR count). The van der Waals surface area contributed by atoms with Crippen LogP contribution in [0.4, 0.5) is 4.39 Å². The monoisotopic (exact) mass is 389 g/mol. The molecule has 0 saturated carbocycles. The van der Waals surface area contributed by atoms with Gasteiger partial charge in [0.05, 0.1) is 18.2 Å². The molecule has 5 nitrogen and oxygen atoms in total. The Morgan fingerprint density at radius 1 is 1.15 bits per heavy atom. The zero-order valence-electron chi connectivity index (χ0n) is 14.5. The zero-order valence-corrected chi connectivity index (χ0v) is 15.2. The van der Waals surface area contributed by atoms with Crippen LogP contribution in [0.5, 0.6) is 0 Å². The fraction of sp³-hybridized carbons (Fsp3) is 0.200. The number of hydrogen-bond donors (Lipinski definition) is 1. The van der Waals surface area contributed by atoms with Crippen LogP contribution in [0, 0.1) is 5.82 Å². The molecule has 1 aliphatic rings. The second-order valence-corrected chi connectivity index (χ2v) is 6.48. The van der Waals surface area contributed by atoms with Crippen LogP contribution in [0.3, 0.4) is 0 Å². The second kappa shape index (κ2) is 7.90. The number of nitrogens with zero attached hydrogens (tertiary/aromatic N) is 1. The Labute approximate surface area is 160 Å². The molecule has 2 aromatic rings. The van der Waals surface area contributed by atoms with E-state index >= 15 is 0 Å². The molecule has 0 radical (unpaired) electrons. The first-order valence-electron chi connectivity index (χ1n) is 8.22. The number of methoxy groups -OCH3 is 1. The molecule has 0 aromatic heterocycles. The van der Waals surface area contributed by atoms with Crippen LogP contribution in [-0.4, -0.2) is 42.0 Å². The molecular weight excluding hydrogens is 373 g/mol. The van der Waals surface area contributed by atoms with Crippen molar-refractivity contribution in [2.24, 2.45) is 0 Å². The quantitative estimate of drug-likeness (QED) is 0.482. The number of amides is 1. The number of rotatable bonds is 5. The van der Waals surface area contributed by atoms with Gasteiger partial charge in [0.25, 0.3) is 11.7 Å². The van der Waals surface area contributed by atoms with Crippen molar-refractivity contribution in [2.75, 3.05) is 20.3 Å². The van der Waals surface area contributed by atoms with Crippen molar-refractivity contribution in [3.8, 4) is 0 Å². The number of halogens is 2. The van der Waals surface area contributed by atoms with Crippen LogP contribution < -0.4 is 0 Å². The molecule has 1 aliphatic heterocycles. The highest BCUT2D eigenvalue weighted by Gasteiger charge is 2.45. The summed E-state index contributed by atoms with van der Waals surface area (Å²) in [4.78, 5) is 26.5. The first-order chi connectivity index (χ1) is 12.9. The molecule has 140 valence electrons. The minimum absolute atomic E-state index is 0.0509. The van der Waals surface area contributed by atoms with Gasteiger partial charge in [0.2, 0.25) is 0 Å². The Balaban J connectivity index is 2.14. The van der Waals surface area contributed by atoms with E-state index in [0.717, 1.165) is 0 Å². The molecule has 1 amide bonds. The van der Waals surface area contributed by atoms with Gasteiger partial charge < -0.3 is 14.7 Å². The minimum Gasteiger partial charge on any atom is -0.507 e. The summed E-state index contributed by atoms with van der Waals surface area (Å²) >= 11 is 5.87. The third kappa shape index (κ3) is 3.72. The summed E-state index contributed by atoms with van der Waals surface area (Å²) in [6, 6.07) is 10.9. The van der Waals surface area contributed by atoms with Crippen molar-refractivity contribution < 1.29 is 23.8 Å². The van der Waals surface area contributed by atoms with Crippen molar-refractivity contribution in [1.29, 1.82) is 0 Å². The van der Waals surface area contributed by atoms with Gasteiger partial charge in [-0.05, 0) is 42.0 Å². The first kappa shape index (κ1) is 19.1. The number of carbonyl (C=O) groups excluding carboxylic acids is 2. The van der Waals surface area contributed by atoms with Crippen molar-refractivity contribution in [2.45, 2.75) is 6.04 Å². The number of ketones is 1. The molecule has 1 atom stereocenters. The number of aliphatic hydroxyl groups excluding tert-OH is 1. The number of Topliss-reactive ketones (excluding diaryl/α,β-unsaturated/α-hetero) is 1. The van der Waals surface area contributed by atoms with Gasteiger partial charge in [-0.15, -0.1) is 0 Å². The van der Waals surface area contributed by atoms with Crippen LogP contribution in [0.2, 0.25) is 5.02 Å². The maximum absolute atomic E-state index is 13.3. The summed E-state index contributed by atoms with van der Waals surface area (Å²) in [7, 11) is 1.48. The van der Waals surface area contributed by atoms with E-state index in [4.69, 9.17) is 16.3 Å². The third-order valence-corrected chi connectivity index (χ3v) is 4.63. The van der Waals surface area contributed by atoms with Crippen LogP contribution in [0.1, 0.15) is 17.2 Å². The number of hydrogen-bond acceptors (Lipinski definition) is 4. The van der Waals surface area contributed by atoms with E-state index in [1.807, 2.05) is 0 Å². The Kier molecular flexibility index (Phi) is 5.58. The molecule has 1 heterocycles. The van der Waals surface area contributed by atoms with E-state index in [1.165, 1.54) is 36.3 Å². The van der Waals surface area contributed by atoms with E-state index in [0.29, 0.717) is 16.1 Å². The van der Waals surface area contributed by atoms with Gasteiger partial charge in [-0.2, -0.15) is 0 Å². The molecule has 2 aromatic carbocycles. The molecule has 7 heteroatoms. The SMILES string of the molecule is COCCN1C(=O)C(=O)C(=C(O)c2ccc(Cl)cc2)[C@@H]1c1ccc(F)cc1. The molecule has 0 aliphatic carbocycles. The highest BCUT2D eigenvalue weighted by atomic mass is 35.5. The Morgan fingerprint density at radius 2 is 1.78 bits per heavy atom. The number of likely N-dealkylation sites (tertiary alicyclic amines) is 1.